The summed E-state index contributed by atoms with van der Waals surface area (Å²) in [6, 6.07) is 8.46. The van der Waals surface area contributed by atoms with Crippen LogP contribution in [-0.4, -0.2) is 73.1 Å². The van der Waals surface area contributed by atoms with Crippen molar-refractivity contribution < 1.29 is 4.74 Å². The number of thioether (sulfide) groups is 1. The van der Waals surface area contributed by atoms with Gasteiger partial charge >= 0.3 is 0 Å². The molecule has 2 aliphatic rings. The summed E-state index contributed by atoms with van der Waals surface area (Å²) in [4.78, 5) is 9.54. The van der Waals surface area contributed by atoms with E-state index in [1.54, 1.807) is 7.11 Å². The maximum Gasteiger partial charge on any atom is 0.193 e. The third-order valence-corrected chi connectivity index (χ3v) is 7.06. The molecule has 0 bridgehead atoms. The summed E-state index contributed by atoms with van der Waals surface area (Å²) in [5.74, 6) is 3.92. The molecule has 5 nitrogen and oxygen atoms in total. The average Bonchev–Trinajstić information content (AvgIpc) is 2.69. The van der Waals surface area contributed by atoms with Crippen LogP contribution in [0, 0.1) is 5.92 Å². The lowest BCUT2D eigenvalue weighted by atomic mass is 9.96. The van der Waals surface area contributed by atoms with Gasteiger partial charge in [0.25, 0.3) is 0 Å². The summed E-state index contributed by atoms with van der Waals surface area (Å²) in [6.45, 7) is 11.2. The number of guanidine groups is 1. The number of rotatable bonds is 5. The van der Waals surface area contributed by atoms with Crippen LogP contribution < -0.4 is 10.1 Å². The summed E-state index contributed by atoms with van der Waals surface area (Å²) in [5.41, 5.74) is 1.36. The van der Waals surface area contributed by atoms with Crippen molar-refractivity contribution in [3.05, 3.63) is 29.8 Å². The van der Waals surface area contributed by atoms with E-state index in [-0.39, 0.29) is 24.0 Å². The first-order valence-electron chi connectivity index (χ1n) is 10.4. The van der Waals surface area contributed by atoms with Crippen molar-refractivity contribution in [1.29, 1.82) is 0 Å². The molecular formula is C22H37IN4OS. The van der Waals surface area contributed by atoms with E-state index in [1.165, 1.54) is 37.2 Å². The average molecular weight is 533 g/mol. The molecule has 3 rings (SSSR count). The zero-order valence-corrected chi connectivity index (χ0v) is 21.5. The van der Waals surface area contributed by atoms with Crippen molar-refractivity contribution in [2.24, 2.45) is 10.9 Å². The van der Waals surface area contributed by atoms with Crippen LogP contribution in [0.4, 0.5) is 0 Å². The standard InChI is InChI=1S/C22H36N4OS.HI/c1-22(2)17-26(13-14-28-22)21(23-3)24-15-18-9-11-25(12-10-18)16-19-5-7-20(27-4)8-6-19;/h5-8,18H,9-17H2,1-4H3,(H,23,24);1H. The monoisotopic (exact) mass is 532 g/mol. The largest absolute Gasteiger partial charge is 0.497 e. The second-order valence-electron chi connectivity index (χ2n) is 8.53. The van der Waals surface area contributed by atoms with Crippen molar-refractivity contribution >= 4 is 41.7 Å². The smallest absolute Gasteiger partial charge is 0.193 e. The molecule has 0 amide bonds. The fourth-order valence-electron chi connectivity index (χ4n) is 4.10. The van der Waals surface area contributed by atoms with Gasteiger partial charge in [-0.1, -0.05) is 12.1 Å². The van der Waals surface area contributed by atoms with Crippen molar-refractivity contribution in [1.82, 2.24) is 15.1 Å². The van der Waals surface area contributed by atoms with E-state index in [1.807, 2.05) is 7.05 Å². The molecule has 2 aliphatic heterocycles. The Morgan fingerprint density at radius 3 is 2.48 bits per heavy atom. The van der Waals surface area contributed by atoms with Crippen molar-refractivity contribution in [2.75, 3.05) is 52.6 Å². The number of nitrogens with one attached hydrogen (secondary N) is 1. The van der Waals surface area contributed by atoms with Gasteiger partial charge in [0, 0.05) is 43.7 Å². The van der Waals surface area contributed by atoms with Gasteiger partial charge in [-0.15, -0.1) is 24.0 Å². The lowest BCUT2D eigenvalue weighted by Crippen LogP contribution is -2.52. The Morgan fingerprint density at radius 1 is 1.21 bits per heavy atom. The molecule has 1 N–H and O–H groups in total. The zero-order chi connectivity index (χ0) is 20.0. The Morgan fingerprint density at radius 2 is 1.90 bits per heavy atom. The Kier molecular flexibility index (Phi) is 9.88. The van der Waals surface area contributed by atoms with Gasteiger partial charge in [0.2, 0.25) is 0 Å². The molecule has 0 aromatic heterocycles. The second-order valence-corrected chi connectivity index (χ2v) is 10.3. The maximum atomic E-state index is 5.25. The number of methoxy groups -OCH3 is 1. The molecule has 1 aromatic rings. The van der Waals surface area contributed by atoms with Crippen LogP contribution >= 0.6 is 35.7 Å². The number of hydrogen-bond acceptors (Lipinski definition) is 4. The molecule has 0 radical (unpaired) electrons. The number of ether oxygens (including phenoxy) is 1. The number of aliphatic imine (C=N–C) groups is 1. The zero-order valence-electron chi connectivity index (χ0n) is 18.3. The van der Waals surface area contributed by atoms with E-state index in [2.05, 4.69) is 70.0 Å². The maximum absolute atomic E-state index is 5.25. The van der Waals surface area contributed by atoms with Crippen LogP contribution in [0.25, 0.3) is 0 Å². The van der Waals surface area contributed by atoms with E-state index in [9.17, 15) is 0 Å². The molecule has 7 heteroatoms. The van der Waals surface area contributed by atoms with Gasteiger partial charge in [0.1, 0.15) is 5.75 Å². The summed E-state index contributed by atoms with van der Waals surface area (Å²) in [5, 5.41) is 3.66. The second kappa shape index (κ2) is 11.6. The molecule has 0 saturated carbocycles. The van der Waals surface area contributed by atoms with E-state index in [4.69, 9.17) is 4.74 Å². The molecule has 0 atom stereocenters. The van der Waals surface area contributed by atoms with Gasteiger partial charge < -0.3 is 15.0 Å². The van der Waals surface area contributed by atoms with Gasteiger partial charge in [-0.05, 0) is 63.4 Å². The normalized spacial score (nSPS) is 20.8. The van der Waals surface area contributed by atoms with Crippen LogP contribution in [0.3, 0.4) is 0 Å². The Bertz CT molecular complexity index is 645. The minimum atomic E-state index is 0. The van der Waals surface area contributed by atoms with Crippen molar-refractivity contribution in [3.8, 4) is 5.75 Å². The van der Waals surface area contributed by atoms with Crippen LogP contribution in [0.5, 0.6) is 5.75 Å². The highest BCUT2D eigenvalue weighted by molar-refractivity contribution is 14.0. The topological polar surface area (TPSA) is 40.1 Å². The number of benzene rings is 1. The van der Waals surface area contributed by atoms with Gasteiger partial charge in [0.15, 0.2) is 5.96 Å². The highest BCUT2D eigenvalue weighted by atomic mass is 127. The molecule has 0 spiro atoms. The summed E-state index contributed by atoms with van der Waals surface area (Å²) < 4.78 is 5.56. The Balaban J connectivity index is 0.00000300. The number of likely N-dealkylation sites (tertiary alicyclic amines) is 1. The fraction of sp³-hybridized carbons (Fsp3) is 0.682. The molecule has 1 aromatic carbocycles. The molecule has 2 heterocycles. The van der Waals surface area contributed by atoms with E-state index in [0.29, 0.717) is 4.75 Å². The lowest BCUT2D eigenvalue weighted by molar-refractivity contribution is 0.177. The molecule has 29 heavy (non-hydrogen) atoms. The Labute approximate surface area is 198 Å². The van der Waals surface area contributed by atoms with E-state index >= 15 is 0 Å². The number of nitrogens with zero attached hydrogens (tertiary/aromatic N) is 3. The van der Waals surface area contributed by atoms with Crippen LogP contribution in [0.15, 0.2) is 29.3 Å². The first kappa shape index (κ1) is 24.6. The van der Waals surface area contributed by atoms with Gasteiger partial charge in [-0.25, -0.2) is 0 Å². The number of hydrogen-bond donors (Lipinski definition) is 1. The molecule has 0 aliphatic carbocycles. The van der Waals surface area contributed by atoms with Crippen LogP contribution in [0.1, 0.15) is 32.3 Å². The van der Waals surface area contributed by atoms with Crippen LogP contribution in [-0.2, 0) is 6.54 Å². The van der Waals surface area contributed by atoms with E-state index < -0.39 is 0 Å². The number of halogens is 1. The quantitative estimate of drug-likeness (QED) is 0.354. The SMILES string of the molecule is CN=C(NCC1CCN(Cc2ccc(OC)cc2)CC1)N1CCSC(C)(C)C1.I. The molecular weight excluding hydrogens is 495 g/mol. The first-order valence-corrected chi connectivity index (χ1v) is 11.4. The summed E-state index contributed by atoms with van der Waals surface area (Å²) in [7, 11) is 3.63. The molecule has 2 saturated heterocycles. The minimum absolute atomic E-state index is 0. The molecule has 2 fully saturated rings. The highest BCUT2D eigenvalue weighted by Crippen LogP contribution is 2.29. The summed E-state index contributed by atoms with van der Waals surface area (Å²) >= 11 is 2.06. The summed E-state index contributed by atoms with van der Waals surface area (Å²) in [6.07, 6.45) is 2.50. The van der Waals surface area contributed by atoms with Crippen molar-refractivity contribution in [3.63, 3.8) is 0 Å². The third kappa shape index (κ3) is 7.51. The predicted molar refractivity (Wildman–Crippen MR) is 136 cm³/mol. The molecule has 164 valence electrons. The van der Waals surface area contributed by atoms with Gasteiger partial charge in [-0.2, -0.15) is 11.8 Å². The highest BCUT2D eigenvalue weighted by Gasteiger charge is 2.29. The number of piperidine rings is 1. The fourth-order valence-corrected chi connectivity index (χ4v) is 5.21. The Hall–Kier alpha value is -0.670. The third-order valence-electron chi connectivity index (χ3n) is 5.76. The first-order chi connectivity index (χ1) is 13.5. The van der Waals surface area contributed by atoms with Gasteiger partial charge in [-0.3, -0.25) is 9.89 Å². The van der Waals surface area contributed by atoms with Crippen LogP contribution in [0.2, 0.25) is 0 Å². The van der Waals surface area contributed by atoms with Crippen molar-refractivity contribution in [2.45, 2.75) is 38.0 Å². The minimum Gasteiger partial charge on any atom is -0.497 e. The molecule has 0 unspecified atom stereocenters. The lowest BCUT2D eigenvalue weighted by Gasteiger charge is -2.39. The van der Waals surface area contributed by atoms with E-state index in [0.717, 1.165) is 43.8 Å². The predicted octanol–water partition coefficient (Wildman–Crippen LogP) is 3.93. The van der Waals surface area contributed by atoms with Gasteiger partial charge in [0.05, 0.1) is 7.11 Å².